The van der Waals surface area contributed by atoms with Gasteiger partial charge in [-0.15, -0.1) is 0 Å². The molecule has 1 fully saturated rings. The lowest BCUT2D eigenvalue weighted by Crippen LogP contribution is -2.46. The number of nitrogens with zero attached hydrogens (tertiary/aromatic N) is 1. The van der Waals surface area contributed by atoms with E-state index in [4.69, 9.17) is 5.73 Å². The zero-order chi connectivity index (χ0) is 14.4. The molecule has 1 saturated carbocycles. The first-order chi connectivity index (χ1) is 8.93. The second-order valence-corrected chi connectivity index (χ2v) is 5.63. The molecule has 1 aliphatic carbocycles. The van der Waals surface area contributed by atoms with Crippen molar-refractivity contribution >= 4 is 11.8 Å². The molecule has 0 heterocycles. The van der Waals surface area contributed by atoms with Gasteiger partial charge in [0.1, 0.15) is 6.04 Å². The highest BCUT2D eigenvalue weighted by Gasteiger charge is 2.23. The van der Waals surface area contributed by atoms with Crippen molar-refractivity contribution in [3.05, 3.63) is 0 Å². The van der Waals surface area contributed by atoms with Crippen molar-refractivity contribution in [3.63, 3.8) is 0 Å². The molecule has 0 bridgehead atoms. The smallest absolute Gasteiger partial charge is 0.244 e. The minimum absolute atomic E-state index is 0.0224. The SMILES string of the molecule is CCN(C)C(=O)C(C)NC(=O)CC1CCC(N)CC1. The Hall–Kier alpha value is -1.10. The number of carbonyl (C=O) groups is 2. The quantitative estimate of drug-likeness (QED) is 0.778. The fraction of sp³-hybridized carbons (Fsp3) is 0.857. The molecule has 0 radical (unpaired) electrons. The highest BCUT2D eigenvalue weighted by molar-refractivity contribution is 5.87. The Morgan fingerprint density at radius 1 is 1.32 bits per heavy atom. The van der Waals surface area contributed by atoms with Crippen molar-refractivity contribution in [1.82, 2.24) is 10.2 Å². The normalized spacial score (nSPS) is 24.6. The lowest BCUT2D eigenvalue weighted by molar-refractivity contribution is -0.135. The van der Waals surface area contributed by atoms with Crippen LogP contribution in [0.3, 0.4) is 0 Å². The van der Waals surface area contributed by atoms with Gasteiger partial charge in [0.05, 0.1) is 0 Å². The van der Waals surface area contributed by atoms with E-state index in [0.717, 1.165) is 25.7 Å². The van der Waals surface area contributed by atoms with Crippen molar-refractivity contribution in [2.75, 3.05) is 13.6 Å². The third-order valence-electron chi connectivity index (χ3n) is 3.96. The minimum atomic E-state index is -0.441. The first kappa shape index (κ1) is 16.0. The van der Waals surface area contributed by atoms with Crippen molar-refractivity contribution in [2.45, 2.75) is 58.0 Å². The summed E-state index contributed by atoms with van der Waals surface area (Å²) < 4.78 is 0. The average molecular weight is 269 g/mol. The number of likely N-dealkylation sites (N-methyl/N-ethyl adjacent to an activating group) is 1. The van der Waals surface area contributed by atoms with Gasteiger partial charge in [-0.05, 0) is 45.4 Å². The van der Waals surface area contributed by atoms with Crippen LogP contribution in [-0.4, -0.2) is 42.4 Å². The largest absolute Gasteiger partial charge is 0.345 e. The van der Waals surface area contributed by atoms with Crippen molar-refractivity contribution < 1.29 is 9.59 Å². The third kappa shape index (κ3) is 5.19. The maximum Gasteiger partial charge on any atom is 0.244 e. The molecule has 3 N–H and O–H groups in total. The zero-order valence-corrected chi connectivity index (χ0v) is 12.3. The molecule has 0 aromatic heterocycles. The first-order valence-electron chi connectivity index (χ1n) is 7.24. The van der Waals surface area contributed by atoms with E-state index in [2.05, 4.69) is 5.32 Å². The van der Waals surface area contributed by atoms with Crippen LogP contribution in [0.25, 0.3) is 0 Å². The monoisotopic (exact) mass is 269 g/mol. The van der Waals surface area contributed by atoms with E-state index in [9.17, 15) is 9.59 Å². The molecule has 0 aliphatic heterocycles. The van der Waals surface area contributed by atoms with Crippen LogP contribution in [0.4, 0.5) is 0 Å². The van der Waals surface area contributed by atoms with Crippen molar-refractivity contribution in [2.24, 2.45) is 11.7 Å². The lowest BCUT2D eigenvalue weighted by atomic mass is 9.84. The second-order valence-electron chi connectivity index (χ2n) is 5.63. The summed E-state index contributed by atoms with van der Waals surface area (Å²) in [7, 11) is 1.74. The predicted octanol–water partition coefficient (Wildman–Crippen LogP) is 0.877. The predicted molar refractivity (Wildman–Crippen MR) is 75.5 cm³/mol. The highest BCUT2D eigenvalue weighted by atomic mass is 16.2. The molecular formula is C14H27N3O2. The van der Waals surface area contributed by atoms with Crippen molar-refractivity contribution in [3.8, 4) is 0 Å². The molecule has 19 heavy (non-hydrogen) atoms. The molecule has 1 atom stereocenters. The topological polar surface area (TPSA) is 75.4 Å². The van der Waals surface area contributed by atoms with Gasteiger partial charge in [-0.25, -0.2) is 0 Å². The minimum Gasteiger partial charge on any atom is -0.345 e. The Morgan fingerprint density at radius 3 is 2.42 bits per heavy atom. The molecule has 2 amide bonds. The van der Waals surface area contributed by atoms with Gasteiger partial charge in [-0.2, -0.15) is 0 Å². The molecule has 5 heteroatoms. The molecule has 1 aliphatic rings. The molecule has 0 saturated heterocycles. The maximum atomic E-state index is 11.9. The Morgan fingerprint density at radius 2 is 1.89 bits per heavy atom. The number of hydrogen-bond donors (Lipinski definition) is 2. The fourth-order valence-electron chi connectivity index (χ4n) is 2.50. The number of amides is 2. The van der Waals surface area contributed by atoms with Gasteiger partial charge in [-0.3, -0.25) is 9.59 Å². The molecule has 0 spiro atoms. The Bertz CT molecular complexity index is 312. The van der Waals surface area contributed by atoms with Crippen LogP contribution in [0.2, 0.25) is 0 Å². The summed E-state index contributed by atoms with van der Waals surface area (Å²) in [4.78, 5) is 25.4. The molecule has 0 aromatic carbocycles. The number of hydrogen-bond acceptors (Lipinski definition) is 3. The standard InChI is InChI=1S/C14H27N3O2/c1-4-17(3)14(19)10(2)16-13(18)9-11-5-7-12(15)8-6-11/h10-12H,4-9,15H2,1-3H3,(H,16,18). The Labute approximate surface area is 115 Å². The summed E-state index contributed by atoms with van der Waals surface area (Å²) in [6, 6.07) is -0.138. The summed E-state index contributed by atoms with van der Waals surface area (Å²) >= 11 is 0. The summed E-state index contributed by atoms with van der Waals surface area (Å²) in [5.74, 6) is 0.360. The fourth-order valence-corrected chi connectivity index (χ4v) is 2.50. The number of nitrogens with one attached hydrogen (secondary N) is 1. The van der Waals surface area contributed by atoms with E-state index in [1.54, 1.807) is 18.9 Å². The van der Waals surface area contributed by atoms with E-state index in [-0.39, 0.29) is 11.8 Å². The molecule has 110 valence electrons. The van der Waals surface area contributed by atoms with Crippen LogP contribution in [0.1, 0.15) is 46.0 Å². The maximum absolute atomic E-state index is 11.9. The molecule has 1 rings (SSSR count). The number of nitrogens with two attached hydrogens (primary N) is 1. The van der Waals surface area contributed by atoms with Gasteiger partial charge < -0.3 is 16.0 Å². The van der Waals surface area contributed by atoms with Crippen LogP contribution in [-0.2, 0) is 9.59 Å². The Balaban J connectivity index is 2.32. The first-order valence-corrected chi connectivity index (χ1v) is 7.24. The van der Waals surface area contributed by atoms with E-state index < -0.39 is 6.04 Å². The molecule has 5 nitrogen and oxygen atoms in total. The van der Waals surface area contributed by atoms with Crippen LogP contribution < -0.4 is 11.1 Å². The van der Waals surface area contributed by atoms with Gasteiger partial charge in [-0.1, -0.05) is 0 Å². The van der Waals surface area contributed by atoms with E-state index in [0.29, 0.717) is 24.9 Å². The van der Waals surface area contributed by atoms with Crippen LogP contribution >= 0.6 is 0 Å². The average Bonchev–Trinajstić information content (AvgIpc) is 2.39. The number of rotatable bonds is 5. The van der Waals surface area contributed by atoms with Gasteiger partial charge in [0.15, 0.2) is 0 Å². The van der Waals surface area contributed by atoms with E-state index in [1.807, 2.05) is 6.92 Å². The van der Waals surface area contributed by atoms with Gasteiger partial charge >= 0.3 is 0 Å². The van der Waals surface area contributed by atoms with Crippen molar-refractivity contribution in [1.29, 1.82) is 0 Å². The van der Waals surface area contributed by atoms with E-state index in [1.165, 1.54) is 0 Å². The third-order valence-corrected chi connectivity index (χ3v) is 3.96. The lowest BCUT2D eigenvalue weighted by Gasteiger charge is -2.26. The van der Waals surface area contributed by atoms with Crippen LogP contribution in [0.5, 0.6) is 0 Å². The molecular weight excluding hydrogens is 242 g/mol. The molecule has 0 aromatic rings. The van der Waals surface area contributed by atoms with Gasteiger partial charge in [0, 0.05) is 26.1 Å². The van der Waals surface area contributed by atoms with Crippen LogP contribution in [0.15, 0.2) is 0 Å². The van der Waals surface area contributed by atoms with Gasteiger partial charge in [0.2, 0.25) is 11.8 Å². The zero-order valence-electron chi connectivity index (χ0n) is 12.3. The van der Waals surface area contributed by atoms with E-state index >= 15 is 0 Å². The van der Waals surface area contributed by atoms with Gasteiger partial charge in [0.25, 0.3) is 0 Å². The summed E-state index contributed by atoms with van der Waals surface area (Å²) in [5, 5.41) is 2.79. The summed E-state index contributed by atoms with van der Waals surface area (Å²) in [5.41, 5.74) is 5.85. The van der Waals surface area contributed by atoms with Crippen LogP contribution in [0, 0.1) is 5.92 Å². The highest BCUT2D eigenvalue weighted by Crippen LogP contribution is 2.25. The number of carbonyl (C=O) groups excluding carboxylic acids is 2. The molecule has 1 unspecified atom stereocenters. The second kappa shape index (κ2) is 7.48. The summed E-state index contributed by atoms with van der Waals surface area (Å²) in [6.07, 6.45) is 4.56. The Kier molecular flexibility index (Phi) is 6.28. The summed E-state index contributed by atoms with van der Waals surface area (Å²) in [6.45, 7) is 4.31.